The Labute approximate surface area is 116 Å². The quantitative estimate of drug-likeness (QED) is 0.789. The predicted octanol–water partition coefficient (Wildman–Crippen LogP) is 0.941. The SMILES string of the molecule is Cn1cc2cc(B3OC(C)(C)C(C)(O)O3)cc(F)c2n1. The van der Waals surface area contributed by atoms with Crippen LogP contribution in [-0.2, 0) is 16.4 Å². The first kappa shape index (κ1) is 13.5. The van der Waals surface area contributed by atoms with Crippen molar-refractivity contribution >= 4 is 23.5 Å². The van der Waals surface area contributed by atoms with E-state index in [2.05, 4.69) is 5.10 Å². The summed E-state index contributed by atoms with van der Waals surface area (Å²) < 4.78 is 26.8. The van der Waals surface area contributed by atoms with E-state index in [1.54, 1.807) is 37.8 Å². The van der Waals surface area contributed by atoms with Gasteiger partial charge in [0.15, 0.2) is 11.6 Å². The fraction of sp³-hybridized carbons (Fsp3) is 0.462. The summed E-state index contributed by atoms with van der Waals surface area (Å²) in [6.07, 6.45) is 1.72. The second-order valence-corrected chi connectivity index (χ2v) is 5.80. The van der Waals surface area contributed by atoms with Crippen molar-refractivity contribution in [2.45, 2.75) is 32.2 Å². The monoisotopic (exact) mass is 278 g/mol. The third kappa shape index (κ3) is 1.93. The van der Waals surface area contributed by atoms with Gasteiger partial charge in [-0.3, -0.25) is 4.68 Å². The molecule has 7 heteroatoms. The van der Waals surface area contributed by atoms with E-state index in [0.29, 0.717) is 16.4 Å². The van der Waals surface area contributed by atoms with Gasteiger partial charge in [0.1, 0.15) is 11.1 Å². The van der Waals surface area contributed by atoms with Crippen molar-refractivity contribution in [3.63, 3.8) is 0 Å². The highest BCUT2D eigenvalue weighted by molar-refractivity contribution is 6.62. The molecule has 1 unspecified atom stereocenters. The van der Waals surface area contributed by atoms with Gasteiger partial charge >= 0.3 is 7.12 Å². The van der Waals surface area contributed by atoms with Crippen LogP contribution >= 0.6 is 0 Å². The van der Waals surface area contributed by atoms with E-state index in [1.807, 2.05) is 0 Å². The lowest BCUT2D eigenvalue weighted by Gasteiger charge is -2.30. The maximum absolute atomic E-state index is 14.0. The fourth-order valence-electron chi connectivity index (χ4n) is 2.26. The summed E-state index contributed by atoms with van der Waals surface area (Å²) in [6.45, 7) is 4.99. The van der Waals surface area contributed by atoms with E-state index in [4.69, 9.17) is 9.31 Å². The number of hydrogen-bond donors (Lipinski definition) is 1. The molecule has 3 rings (SSSR count). The molecular weight excluding hydrogens is 262 g/mol. The van der Waals surface area contributed by atoms with Crippen molar-refractivity contribution in [3.05, 3.63) is 24.1 Å². The van der Waals surface area contributed by atoms with Crippen molar-refractivity contribution in [1.82, 2.24) is 9.78 Å². The molecule has 1 aromatic carbocycles. The highest BCUT2D eigenvalue weighted by Crippen LogP contribution is 2.35. The standard InChI is InChI=1S/C13H16BFN2O3/c1-12(2)13(3,18)20-14(19-12)9-5-8-7-17(4)16-11(8)10(15)6-9/h5-7,18H,1-4H3. The maximum atomic E-state index is 14.0. The van der Waals surface area contributed by atoms with E-state index in [0.717, 1.165) is 0 Å². The van der Waals surface area contributed by atoms with Crippen LogP contribution in [0.2, 0.25) is 0 Å². The van der Waals surface area contributed by atoms with Crippen LogP contribution in [0.15, 0.2) is 18.3 Å². The predicted molar refractivity (Wildman–Crippen MR) is 72.9 cm³/mol. The van der Waals surface area contributed by atoms with Crippen LogP contribution < -0.4 is 5.46 Å². The zero-order chi connectivity index (χ0) is 14.7. The molecule has 106 valence electrons. The first-order valence-corrected chi connectivity index (χ1v) is 6.40. The third-order valence-corrected chi connectivity index (χ3v) is 3.83. The number of aromatic nitrogens is 2. The molecule has 0 aliphatic carbocycles. The Morgan fingerprint density at radius 3 is 2.60 bits per heavy atom. The topological polar surface area (TPSA) is 56.5 Å². The summed E-state index contributed by atoms with van der Waals surface area (Å²) in [6, 6.07) is 3.09. The van der Waals surface area contributed by atoms with Gasteiger partial charge in [0.05, 0.1) is 0 Å². The molecule has 5 nitrogen and oxygen atoms in total. The van der Waals surface area contributed by atoms with Crippen molar-refractivity contribution in [1.29, 1.82) is 0 Å². The fourth-order valence-corrected chi connectivity index (χ4v) is 2.26. The van der Waals surface area contributed by atoms with Gasteiger partial charge in [-0.05, 0) is 32.3 Å². The van der Waals surface area contributed by atoms with Gasteiger partial charge in [0.25, 0.3) is 0 Å². The second kappa shape index (κ2) is 4.03. The molecule has 0 saturated carbocycles. The van der Waals surface area contributed by atoms with Gasteiger partial charge in [-0.25, -0.2) is 4.39 Å². The molecule has 2 heterocycles. The van der Waals surface area contributed by atoms with E-state index >= 15 is 0 Å². The molecule has 1 aliphatic rings. The smallest absolute Gasteiger partial charge is 0.397 e. The minimum Gasteiger partial charge on any atom is -0.397 e. The normalized spacial score (nSPS) is 25.6. The molecule has 0 spiro atoms. The molecule has 20 heavy (non-hydrogen) atoms. The average Bonchev–Trinajstić information content (AvgIpc) is 2.77. The molecule has 1 aliphatic heterocycles. The van der Waals surface area contributed by atoms with E-state index in [1.165, 1.54) is 13.0 Å². The molecule has 1 fully saturated rings. The second-order valence-electron chi connectivity index (χ2n) is 5.80. The molecule has 0 radical (unpaired) electrons. The molecule has 0 amide bonds. The molecule has 1 N–H and O–H groups in total. The number of hydrogen-bond acceptors (Lipinski definition) is 4. The van der Waals surface area contributed by atoms with Gasteiger partial charge in [-0.2, -0.15) is 5.10 Å². The van der Waals surface area contributed by atoms with Crippen LogP contribution in [0.3, 0.4) is 0 Å². The van der Waals surface area contributed by atoms with Crippen LogP contribution in [0.5, 0.6) is 0 Å². The van der Waals surface area contributed by atoms with Crippen LogP contribution in [0, 0.1) is 5.82 Å². The Bertz CT molecular complexity index is 668. The Hall–Kier alpha value is -1.44. The highest BCUT2D eigenvalue weighted by atomic mass is 19.1. The summed E-state index contributed by atoms with van der Waals surface area (Å²) in [7, 11) is 0.925. The zero-order valence-corrected chi connectivity index (χ0v) is 11.8. The Balaban J connectivity index is 2.04. The van der Waals surface area contributed by atoms with Gasteiger partial charge in [-0.15, -0.1) is 0 Å². The molecular formula is C13H16BFN2O3. The van der Waals surface area contributed by atoms with Crippen molar-refractivity contribution < 1.29 is 18.8 Å². The lowest BCUT2D eigenvalue weighted by molar-refractivity contribution is -0.176. The molecule has 1 atom stereocenters. The van der Waals surface area contributed by atoms with Crippen LogP contribution in [-0.4, -0.2) is 33.4 Å². The van der Waals surface area contributed by atoms with Crippen molar-refractivity contribution in [2.24, 2.45) is 7.05 Å². The first-order chi connectivity index (χ1) is 9.19. The number of aliphatic hydroxyl groups is 1. The molecule has 1 saturated heterocycles. The largest absolute Gasteiger partial charge is 0.496 e. The van der Waals surface area contributed by atoms with Crippen LogP contribution in [0.4, 0.5) is 4.39 Å². The Morgan fingerprint density at radius 2 is 2.00 bits per heavy atom. The van der Waals surface area contributed by atoms with Crippen molar-refractivity contribution in [2.75, 3.05) is 0 Å². The average molecular weight is 278 g/mol. The van der Waals surface area contributed by atoms with Crippen LogP contribution in [0.25, 0.3) is 10.9 Å². The van der Waals surface area contributed by atoms with Gasteiger partial charge in [0, 0.05) is 18.6 Å². The molecule has 1 aromatic heterocycles. The lowest BCUT2D eigenvalue weighted by atomic mass is 9.78. The van der Waals surface area contributed by atoms with Gasteiger partial charge in [-0.1, -0.05) is 6.07 Å². The number of aryl methyl sites for hydroxylation is 1. The van der Waals surface area contributed by atoms with Gasteiger partial charge in [0.2, 0.25) is 0 Å². The maximum Gasteiger partial charge on any atom is 0.496 e. The minimum atomic E-state index is -1.43. The summed E-state index contributed by atoms with van der Waals surface area (Å²) in [5.74, 6) is -1.87. The highest BCUT2D eigenvalue weighted by Gasteiger charge is 2.54. The first-order valence-electron chi connectivity index (χ1n) is 6.40. The summed E-state index contributed by atoms with van der Waals surface area (Å²) in [5.41, 5.74) is -0.0491. The Morgan fingerprint density at radius 1 is 1.30 bits per heavy atom. The van der Waals surface area contributed by atoms with E-state index < -0.39 is 24.3 Å². The van der Waals surface area contributed by atoms with Gasteiger partial charge < -0.3 is 14.4 Å². The number of fused-ring (bicyclic) bond motifs is 1. The molecule has 2 aromatic rings. The lowest BCUT2D eigenvalue weighted by Crippen LogP contribution is -2.44. The van der Waals surface area contributed by atoms with E-state index in [9.17, 15) is 9.50 Å². The Kier molecular flexibility index (Phi) is 2.73. The van der Waals surface area contributed by atoms with Crippen LogP contribution in [0.1, 0.15) is 20.8 Å². The zero-order valence-electron chi connectivity index (χ0n) is 11.8. The number of nitrogens with zero attached hydrogens (tertiary/aromatic N) is 2. The summed E-state index contributed by atoms with van der Waals surface area (Å²) in [5, 5.41) is 14.9. The number of halogens is 1. The van der Waals surface area contributed by atoms with E-state index in [-0.39, 0.29) is 0 Å². The number of rotatable bonds is 1. The van der Waals surface area contributed by atoms with Crippen molar-refractivity contribution in [3.8, 4) is 0 Å². The summed E-state index contributed by atoms with van der Waals surface area (Å²) in [4.78, 5) is 0. The molecule has 0 bridgehead atoms. The third-order valence-electron chi connectivity index (χ3n) is 3.83. The summed E-state index contributed by atoms with van der Waals surface area (Å²) >= 11 is 0. The minimum absolute atomic E-state index is 0.306. The number of benzene rings is 1.